The van der Waals surface area contributed by atoms with Crippen LogP contribution in [0, 0.1) is 5.82 Å². The van der Waals surface area contributed by atoms with Gasteiger partial charge in [-0.15, -0.1) is 11.3 Å². The molecule has 1 aliphatic heterocycles. The second-order valence-electron chi connectivity index (χ2n) is 9.18. The molecule has 2 aliphatic rings. The maximum atomic E-state index is 14.9. The number of Topliss-reactive ketones (excluding diaryl/α,β-unsaturated/α-hetero) is 1. The zero-order valence-corrected chi connectivity index (χ0v) is 20.2. The van der Waals surface area contributed by atoms with Crippen molar-refractivity contribution < 1.29 is 18.8 Å². The van der Waals surface area contributed by atoms with Gasteiger partial charge < -0.3 is 27.4 Å². The fourth-order valence-electron chi connectivity index (χ4n) is 5.28. The van der Waals surface area contributed by atoms with Crippen molar-refractivity contribution in [2.75, 3.05) is 18.8 Å². The quantitative estimate of drug-likeness (QED) is 0.315. The fourth-order valence-corrected chi connectivity index (χ4v) is 6.49. The summed E-state index contributed by atoms with van der Waals surface area (Å²) in [7, 11) is 0. The van der Waals surface area contributed by atoms with E-state index in [0.717, 1.165) is 17.8 Å². The molecule has 0 bridgehead atoms. The highest BCUT2D eigenvalue weighted by atomic mass is 32.1. The van der Waals surface area contributed by atoms with Crippen LogP contribution in [0.1, 0.15) is 45.2 Å². The lowest BCUT2D eigenvalue weighted by atomic mass is 9.70. The van der Waals surface area contributed by atoms with Gasteiger partial charge in [-0.3, -0.25) is 14.4 Å². The number of ketones is 1. The van der Waals surface area contributed by atoms with Crippen LogP contribution in [-0.2, 0) is 15.1 Å². The number of benzene rings is 2. The van der Waals surface area contributed by atoms with Crippen LogP contribution in [0.4, 0.5) is 10.1 Å². The Balaban J connectivity index is 1.60. The molecule has 2 heterocycles. The maximum absolute atomic E-state index is 14.9. The smallest absolute Gasteiger partial charge is 0.262 e. The number of amides is 2. The predicted molar refractivity (Wildman–Crippen MR) is 137 cm³/mol. The number of nitrogen functional groups attached to an aromatic ring is 1. The second-order valence-corrected chi connectivity index (χ2v) is 10.2. The Kier molecular flexibility index (Phi) is 5.90. The molecule has 8 nitrogen and oxygen atoms in total. The summed E-state index contributed by atoms with van der Waals surface area (Å²) in [5, 5.41) is 3.49. The predicted octanol–water partition coefficient (Wildman–Crippen LogP) is 2.31. The van der Waals surface area contributed by atoms with Gasteiger partial charge in [-0.1, -0.05) is 30.8 Å². The van der Waals surface area contributed by atoms with Crippen molar-refractivity contribution in [1.29, 1.82) is 0 Å². The molecule has 1 fully saturated rings. The van der Waals surface area contributed by atoms with Crippen molar-refractivity contribution >= 4 is 44.7 Å². The van der Waals surface area contributed by atoms with Gasteiger partial charge in [0.25, 0.3) is 5.91 Å². The van der Waals surface area contributed by atoms with Crippen LogP contribution in [0.3, 0.4) is 0 Å². The highest BCUT2D eigenvalue weighted by molar-refractivity contribution is 7.21. The highest BCUT2D eigenvalue weighted by Gasteiger charge is 2.49. The van der Waals surface area contributed by atoms with Gasteiger partial charge in [0.05, 0.1) is 15.6 Å². The lowest BCUT2D eigenvalue weighted by Gasteiger charge is -2.36. The van der Waals surface area contributed by atoms with Crippen molar-refractivity contribution in [2.45, 2.75) is 30.5 Å². The van der Waals surface area contributed by atoms with E-state index in [1.165, 1.54) is 24.3 Å². The number of hydrogen-bond donors (Lipinski definition) is 4. The van der Waals surface area contributed by atoms with E-state index < -0.39 is 29.1 Å². The Morgan fingerprint density at radius 2 is 1.97 bits per heavy atom. The van der Waals surface area contributed by atoms with Crippen LogP contribution < -0.4 is 22.5 Å². The molecular formula is C26H26FN5O3S. The molecule has 0 spiro atoms. The Labute approximate surface area is 210 Å². The fraction of sp³-hybridized carbons (Fsp3) is 0.269. The summed E-state index contributed by atoms with van der Waals surface area (Å²) in [6.07, 6.45) is 2.69. The largest absolute Gasteiger partial charge is 0.398 e. The summed E-state index contributed by atoms with van der Waals surface area (Å²) < 4.78 is 15.4. The number of piperidine rings is 1. The highest BCUT2D eigenvalue weighted by Crippen LogP contribution is 2.49. The summed E-state index contributed by atoms with van der Waals surface area (Å²) in [6, 6.07) is 7.50. The summed E-state index contributed by atoms with van der Waals surface area (Å²) in [5.41, 5.74) is 18.6. The molecule has 5 rings (SSSR count). The molecular weight excluding hydrogens is 481 g/mol. The van der Waals surface area contributed by atoms with E-state index in [4.69, 9.17) is 17.2 Å². The average molecular weight is 508 g/mol. The zero-order valence-electron chi connectivity index (χ0n) is 19.4. The second kappa shape index (κ2) is 8.81. The number of nitrogens with two attached hydrogens (primary N) is 3. The monoisotopic (exact) mass is 507 g/mol. The normalized spacial score (nSPS) is 23.5. The van der Waals surface area contributed by atoms with Crippen molar-refractivity contribution in [1.82, 2.24) is 10.2 Å². The number of nitrogens with zero attached hydrogens (tertiary/aromatic N) is 1. The van der Waals surface area contributed by atoms with Crippen LogP contribution in [0.15, 0.2) is 49.1 Å². The van der Waals surface area contributed by atoms with Crippen molar-refractivity contribution in [2.24, 2.45) is 11.5 Å². The number of rotatable bonds is 4. The topological polar surface area (TPSA) is 145 Å². The molecule has 3 aromatic rings. The van der Waals surface area contributed by atoms with Crippen LogP contribution in [0.2, 0.25) is 0 Å². The molecule has 1 saturated heterocycles. The molecule has 1 aliphatic carbocycles. The molecule has 3 atom stereocenters. The third kappa shape index (κ3) is 3.52. The molecule has 1 aromatic heterocycles. The minimum Gasteiger partial charge on any atom is -0.398 e. The van der Waals surface area contributed by atoms with E-state index in [9.17, 15) is 18.8 Å². The van der Waals surface area contributed by atoms with E-state index in [-0.39, 0.29) is 22.4 Å². The maximum Gasteiger partial charge on any atom is 0.262 e. The molecule has 0 saturated carbocycles. The van der Waals surface area contributed by atoms with Gasteiger partial charge >= 0.3 is 0 Å². The molecule has 36 heavy (non-hydrogen) atoms. The third-order valence-electron chi connectivity index (χ3n) is 7.06. The molecule has 7 N–H and O–H groups in total. The van der Waals surface area contributed by atoms with Crippen molar-refractivity contribution in [3.05, 3.63) is 76.4 Å². The van der Waals surface area contributed by atoms with Crippen LogP contribution in [0.5, 0.6) is 0 Å². The van der Waals surface area contributed by atoms with Gasteiger partial charge in [-0.2, -0.15) is 0 Å². The van der Waals surface area contributed by atoms with E-state index in [1.54, 1.807) is 23.1 Å². The van der Waals surface area contributed by atoms with Crippen molar-refractivity contribution in [3.63, 3.8) is 0 Å². The molecule has 0 radical (unpaired) electrons. The number of carbonyl (C=O) groups is 3. The lowest BCUT2D eigenvalue weighted by Crippen LogP contribution is -2.53. The number of halogens is 1. The number of nitrogens with one attached hydrogen (secondary N) is 1. The SMILES string of the molecule is C=CC(=O)N1CCCC(NC(=O)c2sc3c(N)ccc4c3c2C(N)C(=O)C4(N)c2ccccc2F)C1. The number of thiophene rings is 1. The number of carbonyl (C=O) groups excluding carboxylic acids is 3. The minimum atomic E-state index is -1.84. The molecule has 186 valence electrons. The average Bonchev–Trinajstić information content (AvgIpc) is 3.29. The Morgan fingerprint density at radius 1 is 1.22 bits per heavy atom. The summed E-state index contributed by atoms with van der Waals surface area (Å²) >= 11 is 1.13. The number of anilines is 1. The van der Waals surface area contributed by atoms with Gasteiger partial charge in [-0.05, 0) is 36.6 Å². The first-order valence-corrected chi connectivity index (χ1v) is 12.4. The summed E-state index contributed by atoms with van der Waals surface area (Å²) in [5.74, 6) is -1.84. The van der Waals surface area contributed by atoms with Gasteiger partial charge in [-0.25, -0.2) is 4.39 Å². The van der Waals surface area contributed by atoms with Crippen LogP contribution >= 0.6 is 11.3 Å². The van der Waals surface area contributed by atoms with Gasteiger partial charge in [0.15, 0.2) is 5.78 Å². The van der Waals surface area contributed by atoms with Gasteiger partial charge in [0, 0.05) is 41.3 Å². The molecule has 2 aromatic carbocycles. The lowest BCUT2D eigenvalue weighted by molar-refractivity contribution is -0.127. The first-order chi connectivity index (χ1) is 17.2. The van der Waals surface area contributed by atoms with E-state index in [0.29, 0.717) is 46.4 Å². The van der Waals surface area contributed by atoms with E-state index in [1.807, 2.05) is 0 Å². The molecule has 10 heteroatoms. The van der Waals surface area contributed by atoms with Crippen LogP contribution in [-0.4, -0.2) is 41.6 Å². The van der Waals surface area contributed by atoms with E-state index in [2.05, 4.69) is 11.9 Å². The van der Waals surface area contributed by atoms with Gasteiger partial charge in [0.1, 0.15) is 11.4 Å². The Morgan fingerprint density at radius 3 is 2.69 bits per heavy atom. The number of hydrogen-bond acceptors (Lipinski definition) is 7. The Bertz CT molecular complexity index is 1440. The first kappa shape index (κ1) is 24.1. The Hall–Kier alpha value is -3.60. The standard InChI is InChI=1S/C26H26FN5O3S/c1-2-18(33)32-11-5-6-13(12-32)31-25(35)23-20-19-15(9-10-17(28)22(19)36-23)26(30,24(34)21(20)29)14-7-3-4-8-16(14)27/h2-4,7-10,13,21H,1,5-6,11-12,28-30H2,(H,31,35). The minimum absolute atomic E-state index is 0.00792. The van der Waals surface area contributed by atoms with Crippen LogP contribution in [0.25, 0.3) is 10.1 Å². The summed E-state index contributed by atoms with van der Waals surface area (Å²) in [6.45, 7) is 4.48. The van der Waals surface area contributed by atoms with Crippen molar-refractivity contribution in [3.8, 4) is 0 Å². The van der Waals surface area contributed by atoms with E-state index >= 15 is 0 Å². The summed E-state index contributed by atoms with van der Waals surface area (Å²) in [4.78, 5) is 41.1. The zero-order chi connectivity index (χ0) is 25.8. The third-order valence-corrected chi connectivity index (χ3v) is 8.31. The molecule has 2 amide bonds. The molecule has 3 unspecified atom stereocenters. The van der Waals surface area contributed by atoms with Gasteiger partial charge in [0.2, 0.25) is 5.91 Å². The first-order valence-electron chi connectivity index (χ1n) is 11.6. The number of likely N-dealkylation sites (tertiary alicyclic amines) is 1.